The first-order valence-corrected chi connectivity index (χ1v) is 29.4. The lowest BCUT2D eigenvalue weighted by atomic mass is 9.97. The Morgan fingerprint density at radius 1 is 0.507 bits per heavy atom. The van der Waals surface area contributed by atoms with E-state index in [1.165, 1.54) is 116 Å². The van der Waals surface area contributed by atoms with Crippen LogP contribution in [-0.2, 0) is 23.7 Å². The van der Waals surface area contributed by atoms with E-state index in [1.807, 2.05) is 0 Å². The Kier molecular flexibility index (Phi) is 41.4. The van der Waals surface area contributed by atoms with Crippen molar-refractivity contribution in [3.8, 4) is 0 Å². The third-order valence-electron chi connectivity index (χ3n) is 14.3. The lowest BCUT2D eigenvalue weighted by molar-refractivity contribution is -0.359. The van der Waals surface area contributed by atoms with Gasteiger partial charge in [-0.3, -0.25) is 4.79 Å². The molecule has 14 heteroatoms. The van der Waals surface area contributed by atoms with Crippen LogP contribution < -0.4 is 5.32 Å². The molecule has 2 aliphatic rings. The third kappa shape index (κ3) is 31.1. The second-order valence-electron chi connectivity index (χ2n) is 20.7. The van der Waals surface area contributed by atoms with Gasteiger partial charge in [-0.05, 0) is 51.4 Å². The highest BCUT2D eigenvalue weighted by molar-refractivity contribution is 5.76. The van der Waals surface area contributed by atoms with Crippen LogP contribution in [0, 0.1) is 0 Å². The van der Waals surface area contributed by atoms with Gasteiger partial charge in [0.15, 0.2) is 12.6 Å². The molecule has 73 heavy (non-hydrogen) atoms. The normalized spacial score (nSPS) is 25.7. The van der Waals surface area contributed by atoms with Crippen LogP contribution in [0.5, 0.6) is 0 Å². The number of unbranched alkanes of at least 4 members (excludes halogenated alkanes) is 25. The van der Waals surface area contributed by atoms with Crippen molar-refractivity contribution in [2.75, 3.05) is 19.8 Å². The zero-order valence-corrected chi connectivity index (χ0v) is 45.6. The molecular formula is C59H107NO13. The molecule has 0 bridgehead atoms. The number of aliphatic hydroxyl groups excluding tert-OH is 8. The molecule has 12 atom stereocenters. The van der Waals surface area contributed by atoms with Gasteiger partial charge in [-0.25, -0.2) is 0 Å². The maximum atomic E-state index is 13.3. The highest BCUT2D eigenvalue weighted by Gasteiger charge is 2.51. The van der Waals surface area contributed by atoms with E-state index in [0.29, 0.717) is 12.8 Å². The summed E-state index contributed by atoms with van der Waals surface area (Å²) in [6, 6.07) is -0.830. The molecule has 0 aromatic carbocycles. The summed E-state index contributed by atoms with van der Waals surface area (Å²) in [6.07, 6.45) is 38.2. The topological polar surface area (TPSA) is 228 Å². The van der Waals surface area contributed by atoms with E-state index in [2.05, 4.69) is 67.8 Å². The molecule has 2 saturated heterocycles. The predicted octanol–water partition coefficient (Wildman–Crippen LogP) is 9.61. The summed E-state index contributed by atoms with van der Waals surface area (Å²) in [4.78, 5) is 13.3. The van der Waals surface area contributed by atoms with Crippen molar-refractivity contribution in [1.82, 2.24) is 5.32 Å². The molecule has 2 fully saturated rings. The van der Waals surface area contributed by atoms with E-state index >= 15 is 0 Å². The molecule has 1 amide bonds. The molecule has 426 valence electrons. The summed E-state index contributed by atoms with van der Waals surface area (Å²) in [5.74, 6) is -0.210. The van der Waals surface area contributed by atoms with Gasteiger partial charge in [-0.15, -0.1) is 0 Å². The highest BCUT2D eigenvalue weighted by atomic mass is 16.7. The largest absolute Gasteiger partial charge is 0.394 e. The van der Waals surface area contributed by atoms with Crippen molar-refractivity contribution >= 4 is 5.91 Å². The minimum Gasteiger partial charge on any atom is -0.394 e. The highest BCUT2D eigenvalue weighted by Crippen LogP contribution is 2.30. The smallest absolute Gasteiger partial charge is 0.220 e. The van der Waals surface area contributed by atoms with Gasteiger partial charge >= 0.3 is 0 Å². The van der Waals surface area contributed by atoms with Gasteiger partial charge in [0.2, 0.25) is 5.91 Å². The van der Waals surface area contributed by atoms with Crippen molar-refractivity contribution in [2.45, 2.75) is 299 Å². The fourth-order valence-corrected chi connectivity index (χ4v) is 9.58. The van der Waals surface area contributed by atoms with Gasteiger partial charge in [-0.1, -0.05) is 217 Å². The van der Waals surface area contributed by atoms with Crippen LogP contribution in [0.25, 0.3) is 0 Å². The second kappa shape index (κ2) is 45.0. The third-order valence-corrected chi connectivity index (χ3v) is 14.3. The monoisotopic (exact) mass is 1040 g/mol. The van der Waals surface area contributed by atoms with Crippen LogP contribution in [-0.4, -0.2) is 140 Å². The Morgan fingerprint density at radius 3 is 1.45 bits per heavy atom. The Labute approximate surface area is 442 Å². The Morgan fingerprint density at radius 2 is 0.945 bits per heavy atom. The van der Waals surface area contributed by atoms with E-state index in [0.717, 1.165) is 83.5 Å². The van der Waals surface area contributed by atoms with Gasteiger partial charge in [0.25, 0.3) is 0 Å². The van der Waals surface area contributed by atoms with Gasteiger partial charge in [-0.2, -0.15) is 0 Å². The van der Waals surface area contributed by atoms with Crippen molar-refractivity contribution in [1.29, 1.82) is 0 Å². The molecular weight excluding hydrogens is 931 g/mol. The number of rotatable bonds is 46. The number of carbonyl (C=O) groups excluding carboxylic acids is 1. The molecule has 0 spiro atoms. The average molecular weight is 1040 g/mol. The van der Waals surface area contributed by atoms with Crippen LogP contribution in [0.2, 0.25) is 0 Å². The first-order valence-electron chi connectivity index (χ1n) is 29.4. The van der Waals surface area contributed by atoms with E-state index in [-0.39, 0.29) is 12.5 Å². The Balaban J connectivity index is 1.73. The van der Waals surface area contributed by atoms with Crippen molar-refractivity contribution in [3.63, 3.8) is 0 Å². The van der Waals surface area contributed by atoms with Crippen LogP contribution in [0.4, 0.5) is 0 Å². The molecule has 2 rings (SSSR count). The number of nitrogens with one attached hydrogen (secondary N) is 1. The van der Waals surface area contributed by atoms with E-state index in [1.54, 1.807) is 0 Å². The zero-order chi connectivity index (χ0) is 53.2. The van der Waals surface area contributed by atoms with E-state index in [4.69, 9.17) is 18.9 Å². The molecule has 0 saturated carbocycles. The maximum Gasteiger partial charge on any atom is 0.220 e. The fourth-order valence-electron chi connectivity index (χ4n) is 9.58. The molecule has 0 aromatic heterocycles. The predicted molar refractivity (Wildman–Crippen MR) is 291 cm³/mol. The summed E-state index contributed by atoms with van der Waals surface area (Å²) in [5, 5.41) is 87.2. The summed E-state index contributed by atoms with van der Waals surface area (Å²) >= 11 is 0. The van der Waals surface area contributed by atoms with Gasteiger partial charge in [0, 0.05) is 6.42 Å². The van der Waals surface area contributed by atoms with Crippen molar-refractivity contribution < 1.29 is 64.6 Å². The van der Waals surface area contributed by atoms with Crippen molar-refractivity contribution in [3.05, 3.63) is 48.6 Å². The Hall–Kier alpha value is -2.05. The first kappa shape index (κ1) is 67.1. The standard InChI is InChI=1S/C59H107NO13/c1-3-5-7-9-11-13-15-17-19-20-21-22-23-24-25-26-27-28-29-31-33-35-37-39-41-43-51(64)60-47(48(63)42-40-38-36-34-32-30-18-16-14-12-10-8-6-4-2)46-70-58-56(69)54(67)57(50(45-62)72-58)73-59-55(68)53(66)52(65)49(44-61)71-59/h5,7,11,13,17,19,21-22,47-50,52-59,61-63,65-69H,3-4,6,8-10,12,14-16,18,20,23-46H2,1-2H3,(H,60,64)/b7-5-,13-11-,19-17-,22-21-. The first-order chi connectivity index (χ1) is 35.6. The number of hydrogen-bond acceptors (Lipinski definition) is 13. The minimum atomic E-state index is -1.78. The van der Waals surface area contributed by atoms with Crippen LogP contribution in [0.1, 0.15) is 226 Å². The summed E-state index contributed by atoms with van der Waals surface area (Å²) in [6.45, 7) is 2.75. The van der Waals surface area contributed by atoms with Gasteiger partial charge in [0.05, 0.1) is 32.0 Å². The molecule has 0 radical (unpaired) electrons. The van der Waals surface area contributed by atoms with E-state index in [9.17, 15) is 45.6 Å². The number of amides is 1. The molecule has 0 aliphatic carbocycles. The lowest BCUT2D eigenvalue weighted by Gasteiger charge is -2.46. The van der Waals surface area contributed by atoms with Gasteiger partial charge in [0.1, 0.15) is 48.8 Å². The van der Waals surface area contributed by atoms with Crippen LogP contribution in [0.3, 0.4) is 0 Å². The molecule has 14 nitrogen and oxygen atoms in total. The molecule has 0 aromatic rings. The number of carbonyl (C=O) groups is 1. The summed E-state index contributed by atoms with van der Waals surface area (Å²) < 4.78 is 22.8. The minimum absolute atomic E-state index is 0.210. The number of hydrogen-bond donors (Lipinski definition) is 9. The fraction of sp³-hybridized carbons (Fsp3) is 0.847. The SMILES string of the molecule is CC/C=C\C/C=C\C/C=C\C/C=C\CCCCCCCCCCCCCCC(=O)NC(COC1OC(CO)C(OC2OC(CO)C(O)C(O)C2O)C(O)C1O)C(O)CCCCCCCCCCCCCCCC. The quantitative estimate of drug-likeness (QED) is 0.0205. The second-order valence-corrected chi connectivity index (χ2v) is 20.7. The Bertz CT molecular complexity index is 1410. The average Bonchev–Trinajstić information content (AvgIpc) is 3.39. The number of aliphatic hydroxyl groups is 8. The molecule has 2 aliphatic heterocycles. The van der Waals surface area contributed by atoms with Crippen LogP contribution in [0.15, 0.2) is 48.6 Å². The van der Waals surface area contributed by atoms with Crippen molar-refractivity contribution in [2.24, 2.45) is 0 Å². The van der Waals surface area contributed by atoms with Gasteiger partial charge < -0.3 is 65.1 Å². The summed E-state index contributed by atoms with van der Waals surface area (Å²) in [7, 11) is 0. The lowest BCUT2D eigenvalue weighted by Crippen LogP contribution is -2.65. The number of allylic oxidation sites excluding steroid dienone is 8. The van der Waals surface area contributed by atoms with E-state index < -0.39 is 86.8 Å². The molecule has 12 unspecified atom stereocenters. The molecule has 9 N–H and O–H groups in total. The molecule has 2 heterocycles. The number of ether oxygens (including phenoxy) is 4. The maximum absolute atomic E-state index is 13.3. The van der Waals surface area contributed by atoms with Crippen LogP contribution >= 0.6 is 0 Å². The zero-order valence-electron chi connectivity index (χ0n) is 45.6. The summed E-state index contributed by atoms with van der Waals surface area (Å²) in [5.41, 5.74) is 0.